The highest BCUT2D eigenvalue weighted by molar-refractivity contribution is 7.23. The van der Waals surface area contributed by atoms with Gasteiger partial charge in [-0.1, -0.05) is 17.8 Å². The van der Waals surface area contributed by atoms with Crippen molar-refractivity contribution in [2.24, 2.45) is 11.8 Å². The number of aromatic nitrogens is 1. The number of morpholine rings is 1. The van der Waals surface area contributed by atoms with Crippen LogP contribution < -0.4 is 15.0 Å². The number of nitrogens with zero attached hydrogens (tertiary/aromatic N) is 3. The van der Waals surface area contributed by atoms with Gasteiger partial charge in [0.05, 0.1) is 30.7 Å². The van der Waals surface area contributed by atoms with Crippen LogP contribution in [0.5, 0.6) is 5.75 Å². The molecule has 5 rings (SSSR count). The summed E-state index contributed by atoms with van der Waals surface area (Å²) in [4.78, 5) is 21.8. The lowest BCUT2D eigenvalue weighted by Gasteiger charge is -2.31. The maximum Gasteiger partial charge on any atom is 0.323 e. The standard InChI is InChI=1S/C21H28N4O3S/c1-24(16-12-13-3-4-14(16)11-13)21(26)23-20-22-18-17(27-2)6-5-15(19(18)29-20)25-7-9-28-10-8-25/h5-6,13-14,16H,3-4,7-12H2,1-2H3,(H,22,23,26). The third kappa shape index (κ3) is 3.42. The molecule has 3 unspecified atom stereocenters. The summed E-state index contributed by atoms with van der Waals surface area (Å²) >= 11 is 1.52. The smallest absolute Gasteiger partial charge is 0.323 e. The van der Waals surface area contributed by atoms with Crippen molar-refractivity contribution < 1.29 is 14.3 Å². The number of urea groups is 1. The summed E-state index contributed by atoms with van der Waals surface area (Å²) in [5, 5.41) is 3.67. The summed E-state index contributed by atoms with van der Waals surface area (Å²) in [6.07, 6.45) is 5.01. The second kappa shape index (κ2) is 7.65. The third-order valence-electron chi connectivity index (χ3n) is 6.79. The van der Waals surface area contributed by atoms with Crippen LogP contribution >= 0.6 is 11.3 Å². The van der Waals surface area contributed by atoms with Crippen molar-refractivity contribution in [3.63, 3.8) is 0 Å². The molecule has 2 bridgehead atoms. The van der Waals surface area contributed by atoms with Gasteiger partial charge >= 0.3 is 6.03 Å². The minimum atomic E-state index is -0.0616. The van der Waals surface area contributed by atoms with Crippen LogP contribution in [0.4, 0.5) is 15.6 Å². The largest absolute Gasteiger partial charge is 0.494 e. The first-order valence-corrected chi connectivity index (χ1v) is 11.3. The fourth-order valence-corrected chi connectivity index (χ4v) is 6.27. The summed E-state index contributed by atoms with van der Waals surface area (Å²) in [6.45, 7) is 3.16. The Morgan fingerprint density at radius 1 is 1.31 bits per heavy atom. The number of rotatable bonds is 4. The lowest BCUT2D eigenvalue weighted by Crippen LogP contribution is -2.42. The van der Waals surface area contributed by atoms with Gasteiger partial charge in [0.25, 0.3) is 0 Å². The number of carbonyl (C=O) groups is 1. The molecule has 1 aromatic heterocycles. The first-order chi connectivity index (χ1) is 14.1. The van der Waals surface area contributed by atoms with Crippen molar-refractivity contribution in [3.8, 4) is 5.75 Å². The predicted molar refractivity (Wildman–Crippen MR) is 115 cm³/mol. The van der Waals surface area contributed by atoms with Gasteiger partial charge in [-0.15, -0.1) is 0 Å². The lowest BCUT2D eigenvalue weighted by atomic mass is 9.94. The summed E-state index contributed by atoms with van der Waals surface area (Å²) in [5.41, 5.74) is 1.93. The number of thiazole rings is 1. The van der Waals surface area contributed by atoms with Crippen LogP contribution in [0, 0.1) is 11.8 Å². The van der Waals surface area contributed by atoms with E-state index in [0.29, 0.717) is 17.1 Å². The second-order valence-electron chi connectivity index (χ2n) is 8.37. The van der Waals surface area contributed by atoms with Crippen LogP contribution in [-0.4, -0.2) is 62.4 Å². The zero-order valence-corrected chi connectivity index (χ0v) is 17.8. The van der Waals surface area contributed by atoms with E-state index in [0.717, 1.165) is 60.3 Å². The van der Waals surface area contributed by atoms with Crippen molar-refractivity contribution in [1.82, 2.24) is 9.88 Å². The third-order valence-corrected chi connectivity index (χ3v) is 7.78. The molecule has 3 fully saturated rings. The van der Waals surface area contributed by atoms with Gasteiger partial charge < -0.3 is 19.3 Å². The van der Waals surface area contributed by atoms with Crippen LogP contribution in [0.1, 0.15) is 25.7 Å². The number of carbonyl (C=O) groups excluding carboxylic acids is 1. The van der Waals surface area contributed by atoms with Crippen molar-refractivity contribution in [2.45, 2.75) is 31.7 Å². The molecule has 1 aromatic carbocycles. The number of hydrogen-bond acceptors (Lipinski definition) is 6. The molecule has 2 amide bonds. The molecule has 3 atom stereocenters. The highest BCUT2D eigenvalue weighted by atomic mass is 32.1. The number of ether oxygens (including phenoxy) is 2. The van der Waals surface area contributed by atoms with Crippen LogP contribution in [0.25, 0.3) is 10.2 Å². The highest BCUT2D eigenvalue weighted by Crippen LogP contribution is 2.46. The molecule has 0 spiro atoms. The van der Waals surface area contributed by atoms with E-state index in [1.807, 2.05) is 18.0 Å². The van der Waals surface area contributed by atoms with Crippen molar-refractivity contribution >= 4 is 38.4 Å². The molecule has 0 radical (unpaired) electrons. The van der Waals surface area contributed by atoms with Gasteiger partial charge in [-0.25, -0.2) is 9.78 Å². The van der Waals surface area contributed by atoms with Crippen molar-refractivity contribution in [2.75, 3.05) is 50.7 Å². The quantitative estimate of drug-likeness (QED) is 0.821. The van der Waals surface area contributed by atoms with E-state index in [-0.39, 0.29) is 6.03 Å². The maximum absolute atomic E-state index is 12.9. The van der Waals surface area contributed by atoms with Crippen LogP contribution in [0.3, 0.4) is 0 Å². The molecule has 7 nitrogen and oxygen atoms in total. The minimum absolute atomic E-state index is 0.0616. The Bertz CT molecular complexity index is 911. The number of anilines is 2. The van der Waals surface area contributed by atoms with Gasteiger partial charge in [0.1, 0.15) is 11.3 Å². The van der Waals surface area contributed by atoms with E-state index < -0.39 is 0 Å². The van der Waals surface area contributed by atoms with Crippen molar-refractivity contribution in [1.29, 1.82) is 0 Å². The van der Waals surface area contributed by atoms with Crippen LogP contribution in [-0.2, 0) is 4.74 Å². The predicted octanol–water partition coefficient (Wildman–Crippen LogP) is 3.79. The number of fused-ring (bicyclic) bond motifs is 3. The second-order valence-corrected chi connectivity index (χ2v) is 9.37. The minimum Gasteiger partial charge on any atom is -0.494 e. The SMILES string of the molecule is COc1ccc(N2CCOCC2)c2sc(NC(=O)N(C)C3CC4CCC3C4)nc12. The van der Waals surface area contributed by atoms with Gasteiger partial charge in [0, 0.05) is 26.2 Å². The maximum atomic E-state index is 12.9. The van der Waals surface area contributed by atoms with E-state index in [1.54, 1.807) is 7.11 Å². The fraction of sp³-hybridized carbons (Fsp3) is 0.619. The Labute approximate surface area is 175 Å². The molecule has 29 heavy (non-hydrogen) atoms. The Hall–Kier alpha value is -2.06. The van der Waals surface area contributed by atoms with Gasteiger partial charge in [-0.2, -0.15) is 0 Å². The van der Waals surface area contributed by atoms with E-state index in [1.165, 1.54) is 30.6 Å². The van der Waals surface area contributed by atoms with E-state index in [9.17, 15) is 4.79 Å². The van der Waals surface area contributed by atoms with Gasteiger partial charge in [0.15, 0.2) is 5.13 Å². The summed E-state index contributed by atoms with van der Waals surface area (Å²) in [6, 6.07) is 4.34. The van der Waals surface area contributed by atoms with Crippen LogP contribution in [0.2, 0.25) is 0 Å². The van der Waals surface area contributed by atoms with Crippen molar-refractivity contribution in [3.05, 3.63) is 12.1 Å². The van der Waals surface area contributed by atoms with Gasteiger partial charge in [-0.3, -0.25) is 5.32 Å². The topological polar surface area (TPSA) is 66.9 Å². The molecule has 3 aliphatic rings. The molecule has 2 saturated carbocycles. The Kier molecular flexibility index (Phi) is 4.99. The monoisotopic (exact) mass is 416 g/mol. The summed E-state index contributed by atoms with van der Waals surface area (Å²) in [7, 11) is 3.58. The molecule has 156 valence electrons. The molecule has 1 aliphatic heterocycles. The van der Waals surface area contributed by atoms with E-state index >= 15 is 0 Å². The molecule has 1 saturated heterocycles. The van der Waals surface area contributed by atoms with E-state index in [4.69, 9.17) is 14.5 Å². The molecule has 2 heterocycles. The summed E-state index contributed by atoms with van der Waals surface area (Å²) < 4.78 is 12.1. The molecule has 8 heteroatoms. The number of amides is 2. The Morgan fingerprint density at radius 2 is 2.14 bits per heavy atom. The fourth-order valence-electron chi connectivity index (χ4n) is 5.26. The van der Waals surface area contributed by atoms with Gasteiger partial charge in [0.2, 0.25) is 0 Å². The number of nitrogens with one attached hydrogen (secondary N) is 1. The lowest BCUT2D eigenvalue weighted by molar-refractivity contribution is 0.123. The first kappa shape index (κ1) is 18.9. The molecular weight excluding hydrogens is 388 g/mol. The first-order valence-electron chi connectivity index (χ1n) is 10.5. The molecule has 1 N–H and O–H groups in total. The highest BCUT2D eigenvalue weighted by Gasteiger charge is 2.42. The summed E-state index contributed by atoms with van der Waals surface area (Å²) in [5.74, 6) is 2.21. The van der Waals surface area contributed by atoms with E-state index in [2.05, 4.69) is 16.3 Å². The number of benzene rings is 1. The molecule has 2 aliphatic carbocycles. The molecule has 2 aromatic rings. The normalized spacial score (nSPS) is 26.1. The van der Waals surface area contributed by atoms with Crippen LogP contribution in [0.15, 0.2) is 12.1 Å². The number of methoxy groups -OCH3 is 1. The zero-order chi connectivity index (χ0) is 20.0. The van der Waals surface area contributed by atoms with Gasteiger partial charge in [-0.05, 0) is 43.2 Å². The average Bonchev–Trinajstić information content (AvgIpc) is 3.48. The molecular formula is C21H28N4O3S. The zero-order valence-electron chi connectivity index (χ0n) is 17.0. The Balaban J connectivity index is 1.39. The number of hydrogen-bond donors (Lipinski definition) is 1. The Morgan fingerprint density at radius 3 is 2.83 bits per heavy atom. The average molecular weight is 417 g/mol.